The van der Waals surface area contributed by atoms with Crippen LogP contribution in [0.25, 0.3) is 0 Å². The molecular formula is C7H10ClNO3. The van der Waals surface area contributed by atoms with Gasteiger partial charge in [0.2, 0.25) is 0 Å². The van der Waals surface area contributed by atoms with Crippen LogP contribution in [0.15, 0.2) is 12.1 Å². The predicted molar refractivity (Wildman–Crippen MR) is 46.6 cm³/mol. The van der Waals surface area contributed by atoms with Gasteiger partial charge in [-0.25, -0.2) is 0 Å². The van der Waals surface area contributed by atoms with Crippen LogP contribution >= 0.6 is 12.4 Å². The topological polar surface area (TPSA) is 86.7 Å². The molecule has 0 bridgehead atoms. The van der Waals surface area contributed by atoms with E-state index in [4.69, 9.17) is 21.1 Å². The van der Waals surface area contributed by atoms with Crippen molar-refractivity contribution < 1.29 is 15.3 Å². The van der Waals surface area contributed by atoms with E-state index in [1.54, 1.807) is 0 Å². The molecule has 0 spiro atoms. The molecule has 0 aliphatic carbocycles. The Morgan fingerprint density at radius 1 is 1.08 bits per heavy atom. The number of benzene rings is 1. The Morgan fingerprint density at radius 3 is 1.83 bits per heavy atom. The van der Waals surface area contributed by atoms with Gasteiger partial charge >= 0.3 is 0 Å². The fraction of sp³-hybridized carbons (Fsp3) is 0.143. The van der Waals surface area contributed by atoms with Crippen molar-refractivity contribution in [3.63, 3.8) is 0 Å². The van der Waals surface area contributed by atoms with Crippen LogP contribution in [0.1, 0.15) is 5.56 Å². The minimum Gasteiger partial charge on any atom is -0.508 e. The van der Waals surface area contributed by atoms with E-state index in [1.807, 2.05) is 0 Å². The smallest absolute Gasteiger partial charge is 0.127 e. The van der Waals surface area contributed by atoms with E-state index in [9.17, 15) is 0 Å². The van der Waals surface area contributed by atoms with Crippen LogP contribution < -0.4 is 5.73 Å². The van der Waals surface area contributed by atoms with E-state index in [1.165, 1.54) is 0 Å². The Balaban J connectivity index is 0.00000121. The summed E-state index contributed by atoms with van der Waals surface area (Å²) in [6, 6.07) is 2.25. The zero-order valence-electron chi connectivity index (χ0n) is 6.19. The van der Waals surface area contributed by atoms with Crippen molar-refractivity contribution in [2.24, 2.45) is 5.73 Å². The van der Waals surface area contributed by atoms with Gasteiger partial charge in [-0.1, -0.05) is 0 Å². The molecule has 0 aliphatic rings. The van der Waals surface area contributed by atoms with Crippen molar-refractivity contribution in [3.8, 4) is 17.2 Å². The molecule has 0 saturated heterocycles. The lowest BCUT2D eigenvalue weighted by Crippen LogP contribution is -1.96. The quantitative estimate of drug-likeness (QED) is 0.526. The number of hydrogen-bond donors (Lipinski definition) is 4. The van der Waals surface area contributed by atoms with E-state index in [-0.39, 0.29) is 41.8 Å². The highest BCUT2D eigenvalue weighted by molar-refractivity contribution is 5.85. The minimum atomic E-state index is -0.190. The van der Waals surface area contributed by atoms with Crippen molar-refractivity contribution in [2.75, 3.05) is 0 Å². The maximum absolute atomic E-state index is 9.07. The fourth-order valence-electron chi connectivity index (χ4n) is 0.836. The van der Waals surface area contributed by atoms with E-state index < -0.39 is 0 Å². The van der Waals surface area contributed by atoms with E-state index in [0.717, 1.165) is 12.1 Å². The van der Waals surface area contributed by atoms with Gasteiger partial charge in [-0.15, -0.1) is 12.4 Å². The monoisotopic (exact) mass is 191 g/mol. The van der Waals surface area contributed by atoms with E-state index in [0.29, 0.717) is 0 Å². The number of hydrogen-bond acceptors (Lipinski definition) is 4. The first-order valence-corrected chi connectivity index (χ1v) is 3.09. The summed E-state index contributed by atoms with van der Waals surface area (Å²) < 4.78 is 0. The number of nitrogens with two attached hydrogens (primary N) is 1. The van der Waals surface area contributed by atoms with Crippen LogP contribution in [-0.2, 0) is 6.54 Å². The summed E-state index contributed by atoms with van der Waals surface area (Å²) in [4.78, 5) is 0. The zero-order chi connectivity index (χ0) is 8.43. The Morgan fingerprint density at radius 2 is 1.50 bits per heavy atom. The molecule has 1 rings (SSSR count). The van der Waals surface area contributed by atoms with E-state index in [2.05, 4.69) is 0 Å². The molecule has 5 N–H and O–H groups in total. The summed E-state index contributed by atoms with van der Waals surface area (Å²) in [5, 5.41) is 27.0. The molecule has 0 saturated carbocycles. The Kier molecular flexibility index (Phi) is 3.66. The van der Waals surface area contributed by atoms with Gasteiger partial charge in [-0.2, -0.15) is 0 Å². The number of aromatic hydroxyl groups is 3. The van der Waals surface area contributed by atoms with Crippen LogP contribution in [0, 0.1) is 0 Å². The third-order valence-corrected chi connectivity index (χ3v) is 1.39. The van der Waals surface area contributed by atoms with Crippen molar-refractivity contribution in [1.82, 2.24) is 0 Å². The highest BCUT2D eigenvalue weighted by Crippen LogP contribution is 2.30. The largest absolute Gasteiger partial charge is 0.508 e. The van der Waals surface area contributed by atoms with Crippen LogP contribution in [0.4, 0.5) is 0 Å². The molecule has 1 aromatic carbocycles. The maximum atomic E-state index is 9.07. The molecule has 1 aromatic rings. The average molecular weight is 192 g/mol. The third-order valence-electron chi connectivity index (χ3n) is 1.39. The van der Waals surface area contributed by atoms with Gasteiger partial charge in [0.25, 0.3) is 0 Å². The third kappa shape index (κ3) is 1.93. The molecule has 0 aliphatic heterocycles. The predicted octanol–water partition coefficient (Wildman–Crippen LogP) is 0.684. The highest BCUT2D eigenvalue weighted by atomic mass is 35.5. The van der Waals surface area contributed by atoms with Gasteiger partial charge in [-0.3, -0.25) is 0 Å². The molecular weight excluding hydrogens is 182 g/mol. The van der Waals surface area contributed by atoms with Gasteiger partial charge < -0.3 is 21.1 Å². The number of phenols is 3. The van der Waals surface area contributed by atoms with Crippen molar-refractivity contribution in [2.45, 2.75) is 6.54 Å². The summed E-state index contributed by atoms with van der Waals surface area (Å²) in [6.45, 7) is 0.0396. The molecule has 0 radical (unpaired) electrons. The maximum Gasteiger partial charge on any atom is 0.127 e. The van der Waals surface area contributed by atoms with Gasteiger partial charge in [0.15, 0.2) is 0 Å². The second-order valence-corrected chi connectivity index (χ2v) is 2.17. The number of halogens is 1. The highest BCUT2D eigenvalue weighted by Gasteiger charge is 2.06. The van der Waals surface area contributed by atoms with Gasteiger partial charge in [0.05, 0.1) is 0 Å². The summed E-state index contributed by atoms with van der Waals surface area (Å²) in [6.07, 6.45) is 0. The molecule has 0 atom stereocenters. The van der Waals surface area contributed by atoms with Crippen LogP contribution in [0.2, 0.25) is 0 Å². The molecule has 0 heterocycles. The van der Waals surface area contributed by atoms with Crippen molar-refractivity contribution in [1.29, 1.82) is 0 Å². The first kappa shape index (κ1) is 10.9. The van der Waals surface area contributed by atoms with Crippen LogP contribution in [-0.4, -0.2) is 15.3 Å². The number of rotatable bonds is 1. The fourth-order valence-corrected chi connectivity index (χ4v) is 0.836. The second-order valence-electron chi connectivity index (χ2n) is 2.17. The molecule has 68 valence electrons. The molecule has 0 amide bonds. The van der Waals surface area contributed by atoms with Gasteiger partial charge in [0.1, 0.15) is 17.2 Å². The van der Waals surface area contributed by atoms with E-state index >= 15 is 0 Å². The van der Waals surface area contributed by atoms with Crippen LogP contribution in [0.3, 0.4) is 0 Å². The molecule has 0 aromatic heterocycles. The SMILES string of the molecule is Cl.NCc1c(O)cc(O)cc1O. The zero-order valence-corrected chi connectivity index (χ0v) is 7.01. The average Bonchev–Trinajstić information content (AvgIpc) is 1.85. The molecule has 12 heavy (non-hydrogen) atoms. The lowest BCUT2D eigenvalue weighted by atomic mass is 10.1. The normalized spacial score (nSPS) is 9.08. The molecule has 0 fully saturated rings. The summed E-state index contributed by atoms with van der Waals surface area (Å²) in [5.41, 5.74) is 5.44. The lowest BCUT2D eigenvalue weighted by molar-refractivity contribution is 0.419. The van der Waals surface area contributed by atoms with Gasteiger partial charge in [-0.05, 0) is 0 Å². The Bertz CT molecular complexity index is 254. The van der Waals surface area contributed by atoms with Crippen molar-refractivity contribution >= 4 is 12.4 Å². The second kappa shape index (κ2) is 4.04. The first-order chi connectivity index (χ1) is 5.15. The standard InChI is InChI=1S/C7H9NO3.ClH/c8-3-5-6(10)1-4(9)2-7(5)11;/h1-2,9-11H,3,8H2;1H. The Labute approximate surface area is 75.7 Å². The van der Waals surface area contributed by atoms with Gasteiger partial charge in [0, 0.05) is 24.2 Å². The minimum absolute atomic E-state index is 0. The molecule has 0 unspecified atom stereocenters. The number of phenolic OH excluding ortho intramolecular Hbond substituents is 3. The summed E-state index contributed by atoms with van der Waals surface area (Å²) >= 11 is 0. The molecule has 4 nitrogen and oxygen atoms in total. The van der Waals surface area contributed by atoms with Crippen LogP contribution in [0.5, 0.6) is 17.2 Å². The van der Waals surface area contributed by atoms with Crippen molar-refractivity contribution in [3.05, 3.63) is 17.7 Å². The first-order valence-electron chi connectivity index (χ1n) is 3.09. The molecule has 5 heteroatoms. The lowest BCUT2D eigenvalue weighted by Gasteiger charge is -2.04. The summed E-state index contributed by atoms with van der Waals surface area (Å²) in [5.74, 6) is -0.563. The summed E-state index contributed by atoms with van der Waals surface area (Å²) in [7, 11) is 0. The Hall–Kier alpha value is -1.13.